The predicted molar refractivity (Wildman–Crippen MR) is 88.9 cm³/mol. The number of unbranched alkanes of at least 4 members (excludes halogenated alkanes) is 7. The van der Waals surface area contributed by atoms with Crippen LogP contribution in [0.3, 0.4) is 0 Å². The largest absolute Gasteiger partial charge is 0.326 e. The summed E-state index contributed by atoms with van der Waals surface area (Å²) in [6, 6.07) is 1.00. The lowest BCUT2D eigenvalue weighted by Gasteiger charge is -2.36. The molecule has 1 heterocycles. The van der Waals surface area contributed by atoms with Gasteiger partial charge in [0.1, 0.15) is 0 Å². The fourth-order valence-electron chi connectivity index (χ4n) is 2.86. The molecule has 0 aromatic rings. The maximum Gasteiger partial charge on any atom is 0.0335 e. The summed E-state index contributed by atoms with van der Waals surface area (Å²) in [6.45, 7) is 3.49. The molecule has 1 saturated heterocycles. The smallest absolute Gasteiger partial charge is 0.0335 e. The third kappa shape index (κ3) is 7.57. The Morgan fingerprint density at radius 1 is 1.11 bits per heavy atom. The molecule has 0 spiro atoms. The van der Waals surface area contributed by atoms with Crippen molar-refractivity contribution in [3.05, 3.63) is 0 Å². The highest BCUT2D eigenvalue weighted by Crippen LogP contribution is 2.19. The van der Waals surface area contributed by atoms with Crippen molar-refractivity contribution in [2.75, 3.05) is 25.1 Å². The number of hydrogen-bond acceptors (Lipinski definition) is 3. The quantitative estimate of drug-likeness (QED) is 0.618. The van der Waals surface area contributed by atoms with Crippen molar-refractivity contribution in [3.63, 3.8) is 0 Å². The first-order valence-corrected chi connectivity index (χ1v) is 9.44. The van der Waals surface area contributed by atoms with Crippen LogP contribution in [0.5, 0.6) is 0 Å². The fraction of sp³-hybridized carbons (Fsp3) is 1.00. The topological polar surface area (TPSA) is 29.3 Å². The summed E-state index contributed by atoms with van der Waals surface area (Å²) in [6.07, 6.45) is 12.4. The molecule has 1 aliphatic rings. The van der Waals surface area contributed by atoms with Gasteiger partial charge in [-0.05, 0) is 13.5 Å². The second-order valence-corrected chi connectivity index (χ2v) is 7.20. The Balaban J connectivity index is 1.96. The summed E-state index contributed by atoms with van der Waals surface area (Å²) in [5.74, 6) is 2.51. The lowest BCUT2D eigenvalue weighted by atomic mass is 10.0. The van der Waals surface area contributed by atoms with Crippen LogP contribution >= 0.6 is 11.8 Å². The first-order chi connectivity index (χ1) is 9.25. The molecule has 0 bridgehead atoms. The molecule has 0 aromatic heterocycles. The van der Waals surface area contributed by atoms with Crippen LogP contribution in [0.1, 0.15) is 64.7 Å². The van der Waals surface area contributed by atoms with Crippen molar-refractivity contribution in [1.82, 2.24) is 4.90 Å². The molecule has 2 unspecified atom stereocenters. The second kappa shape index (κ2) is 11.0. The van der Waals surface area contributed by atoms with E-state index in [0.717, 1.165) is 0 Å². The summed E-state index contributed by atoms with van der Waals surface area (Å²) in [4.78, 5) is 2.46. The number of thioether (sulfide) groups is 1. The van der Waals surface area contributed by atoms with Crippen LogP contribution in [-0.4, -0.2) is 42.1 Å². The van der Waals surface area contributed by atoms with Crippen molar-refractivity contribution in [3.8, 4) is 0 Å². The van der Waals surface area contributed by atoms with Crippen molar-refractivity contribution < 1.29 is 0 Å². The number of nitrogens with two attached hydrogens (primary N) is 1. The van der Waals surface area contributed by atoms with Gasteiger partial charge in [-0.1, -0.05) is 58.3 Å². The molecular weight excluding hydrogens is 252 g/mol. The van der Waals surface area contributed by atoms with Crippen molar-refractivity contribution in [2.45, 2.75) is 76.8 Å². The van der Waals surface area contributed by atoms with Gasteiger partial charge >= 0.3 is 0 Å². The summed E-state index contributed by atoms with van der Waals surface area (Å²) < 4.78 is 0. The molecule has 2 nitrogen and oxygen atoms in total. The van der Waals surface area contributed by atoms with E-state index in [1.54, 1.807) is 0 Å². The molecule has 0 saturated carbocycles. The van der Waals surface area contributed by atoms with Gasteiger partial charge in [0.15, 0.2) is 0 Å². The Morgan fingerprint density at radius 3 is 2.37 bits per heavy atom. The van der Waals surface area contributed by atoms with Crippen LogP contribution in [0.25, 0.3) is 0 Å². The summed E-state index contributed by atoms with van der Waals surface area (Å²) in [5, 5.41) is 0. The maximum atomic E-state index is 6.36. The summed E-state index contributed by atoms with van der Waals surface area (Å²) >= 11 is 2.07. The molecule has 1 rings (SSSR count). The van der Waals surface area contributed by atoms with Gasteiger partial charge in [-0.2, -0.15) is 11.8 Å². The molecule has 19 heavy (non-hydrogen) atoms. The molecule has 0 radical (unpaired) electrons. The van der Waals surface area contributed by atoms with Crippen LogP contribution in [-0.2, 0) is 0 Å². The molecule has 1 fully saturated rings. The van der Waals surface area contributed by atoms with Crippen LogP contribution < -0.4 is 5.73 Å². The normalized spacial score (nSPS) is 22.6. The lowest BCUT2D eigenvalue weighted by Crippen LogP contribution is -2.50. The monoisotopic (exact) mass is 286 g/mol. The van der Waals surface area contributed by atoms with Crippen molar-refractivity contribution >= 4 is 11.8 Å². The number of hydrogen-bond donors (Lipinski definition) is 1. The number of likely N-dealkylation sites (N-methyl/N-ethyl adjacent to an activating group) is 1. The average Bonchev–Trinajstić information content (AvgIpc) is 2.42. The molecule has 1 aliphatic heterocycles. The number of nitrogens with zero attached hydrogens (tertiary/aromatic N) is 1. The van der Waals surface area contributed by atoms with E-state index in [4.69, 9.17) is 5.73 Å². The van der Waals surface area contributed by atoms with Gasteiger partial charge in [0.2, 0.25) is 0 Å². The van der Waals surface area contributed by atoms with E-state index in [-0.39, 0.29) is 0 Å². The van der Waals surface area contributed by atoms with E-state index in [1.807, 2.05) is 0 Å². The van der Waals surface area contributed by atoms with E-state index < -0.39 is 0 Å². The molecule has 114 valence electrons. The first kappa shape index (κ1) is 17.3. The fourth-order valence-corrected chi connectivity index (χ4v) is 4.19. The molecule has 0 aromatic carbocycles. The number of rotatable bonds is 10. The van der Waals surface area contributed by atoms with Crippen LogP contribution in [0.2, 0.25) is 0 Å². The minimum Gasteiger partial charge on any atom is -0.326 e. The first-order valence-electron chi connectivity index (χ1n) is 8.29. The molecular formula is C16H34N2S. The van der Waals surface area contributed by atoms with Gasteiger partial charge in [-0.25, -0.2) is 0 Å². The van der Waals surface area contributed by atoms with Crippen LogP contribution in [0.4, 0.5) is 0 Å². The third-order valence-corrected chi connectivity index (χ3v) is 5.38. The zero-order chi connectivity index (χ0) is 13.9. The zero-order valence-electron chi connectivity index (χ0n) is 13.1. The van der Waals surface area contributed by atoms with Gasteiger partial charge < -0.3 is 10.6 Å². The van der Waals surface area contributed by atoms with E-state index in [2.05, 4.69) is 30.6 Å². The van der Waals surface area contributed by atoms with Gasteiger partial charge in [0.25, 0.3) is 0 Å². The molecule has 2 atom stereocenters. The average molecular weight is 287 g/mol. The minimum absolute atomic E-state index is 0.387. The van der Waals surface area contributed by atoms with E-state index in [9.17, 15) is 0 Å². The highest BCUT2D eigenvalue weighted by molar-refractivity contribution is 7.99. The Labute approximate surface area is 124 Å². The summed E-state index contributed by atoms with van der Waals surface area (Å²) in [5.41, 5.74) is 6.36. The highest BCUT2D eigenvalue weighted by Gasteiger charge is 2.24. The maximum absolute atomic E-state index is 6.36. The summed E-state index contributed by atoms with van der Waals surface area (Å²) in [7, 11) is 2.23. The Bertz CT molecular complexity index is 211. The minimum atomic E-state index is 0.387. The van der Waals surface area contributed by atoms with E-state index in [0.29, 0.717) is 12.1 Å². The Hall–Kier alpha value is 0.270. The van der Waals surface area contributed by atoms with Gasteiger partial charge in [-0.3, -0.25) is 0 Å². The third-order valence-electron chi connectivity index (χ3n) is 4.33. The van der Waals surface area contributed by atoms with Gasteiger partial charge in [0, 0.05) is 30.1 Å². The van der Waals surface area contributed by atoms with Crippen molar-refractivity contribution in [1.29, 1.82) is 0 Å². The SMILES string of the molecule is CCCCCCCCCCC(N)C1CSCCN1C. The van der Waals surface area contributed by atoms with E-state index in [1.165, 1.54) is 75.8 Å². The predicted octanol–water partition coefficient (Wildman–Crippen LogP) is 3.89. The molecule has 0 aliphatic carbocycles. The van der Waals surface area contributed by atoms with Crippen molar-refractivity contribution in [2.24, 2.45) is 5.73 Å². The molecule has 2 N–H and O–H groups in total. The molecule has 3 heteroatoms. The van der Waals surface area contributed by atoms with Crippen LogP contribution in [0.15, 0.2) is 0 Å². The Morgan fingerprint density at radius 2 is 1.74 bits per heavy atom. The zero-order valence-corrected chi connectivity index (χ0v) is 13.9. The highest BCUT2D eigenvalue weighted by atomic mass is 32.2. The molecule has 0 amide bonds. The lowest BCUT2D eigenvalue weighted by molar-refractivity contribution is 0.228. The van der Waals surface area contributed by atoms with Crippen LogP contribution in [0, 0.1) is 0 Å². The Kier molecular flexibility index (Phi) is 10.0. The van der Waals surface area contributed by atoms with E-state index >= 15 is 0 Å². The van der Waals surface area contributed by atoms with Gasteiger partial charge in [0.05, 0.1) is 0 Å². The second-order valence-electron chi connectivity index (χ2n) is 6.05. The van der Waals surface area contributed by atoms with Gasteiger partial charge in [-0.15, -0.1) is 0 Å². The standard InChI is InChI=1S/C16H34N2S/c1-3-4-5-6-7-8-9-10-11-15(17)16-14-19-13-12-18(16)2/h15-16H,3-14,17H2,1-2H3.